The number of hydrogen-bond acceptors (Lipinski definition) is 5. The molecule has 0 aliphatic heterocycles. The SMILES string of the molecule is N#CC1(NC(=O)COC(=O)Cc2coc3cc4c(cc23)CCC4)CCCC1. The number of hydrogen-bond donors (Lipinski definition) is 1. The Kier molecular flexibility index (Phi) is 4.61. The molecule has 1 N–H and O–H groups in total. The minimum atomic E-state index is -0.801. The maximum Gasteiger partial charge on any atom is 0.310 e. The van der Waals surface area contributed by atoms with Crippen LogP contribution in [0.5, 0.6) is 0 Å². The molecule has 2 aliphatic rings. The molecule has 27 heavy (non-hydrogen) atoms. The second-order valence-corrected chi connectivity index (χ2v) is 7.52. The molecule has 1 aromatic heterocycles. The summed E-state index contributed by atoms with van der Waals surface area (Å²) in [6, 6.07) is 6.35. The lowest BCUT2D eigenvalue weighted by atomic mass is 10.00. The van der Waals surface area contributed by atoms with Gasteiger partial charge in [-0.2, -0.15) is 5.26 Å². The normalized spacial score (nSPS) is 17.4. The highest BCUT2D eigenvalue weighted by Gasteiger charge is 2.35. The quantitative estimate of drug-likeness (QED) is 0.821. The first kappa shape index (κ1) is 17.6. The van der Waals surface area contributed by atoms with E-state index in [1.165, 1.54) is 11.1 Å². The standard InChI is InChI=1S/C21H22N2O4/c22-13-21(6-1-2-7-21)23-19(24)12-27-20(25)10-16-11-26-18-9-15-5-3-4-14(15)8-17(16)18/h8-9,11H,1-7,10,12H2,(H,23,24). The zero-order valence-electron chi connectivity index (χ0n) is 15.2. The molecule has 4 rings (SSSR count). The number of benzene rings is 1. The maximum absolute atomic E-state index is 12.2. The molecule has 0 unspecified atom stereocenters. The van der Waals surface area contributed by atoms with E-state index in [9.17, 15) is 14.9 Å². The maximum atomic E-state index is 12.2. The molecular weight excluding hydrogens is 344 g/mol. The third kappa shape index (κ3) is 3.55. The van der Waals surface area contributed by atoms with Crippen LogP contribution >= 0.6 is 0 Å². The van der Waals surface area contributed by atoms with Gasteiger partial charge in [-0.1, -0.05) is 0 Å². The summed E-state index contributed by atoms with van der Waals surface area (Å²) in [6.07, 6.45) is 8.06. The van der Waals surface area contributed by atoms with Crippen molar-refractivity contribution in [2.75, 3.05) is 6.61 Å². The zero-order valence-corrected chi connectivity index (χ0v) is 15.2. The predicted molar refractivity (Wildman–Crippen MR) is 97.9 cm³/mol. The Bertz CT molecular complexity index is 932. The molecule has 1 amide bonds. The van der Waals surface area contributed by atoms with Crippen molar-refractivity contribution in [2.24, 2.45) is 0 Å². The summed E-state index contributed by atoms with van der Waals surface area (Å²) in [5.41, 5.74) is 3.39. The van der Waals surface area contributed by atoms with Gasteiger partial charge in [0.1, 0.15) is 11.1 Å². The lowest BCUT2D eigenvalue weighted by molar-refractivity contribution is -0.148. The molecule has 1 aromatic carbocycles. The number of ether oxygens (including phenoxy) is 1. The molecule has 1 fully saturated rings. The molecule has 6 heteroatoms. The third-order valence-electron chi connectivity index (χ3n) is 5.62. The summed E-state index contributed by atoms with van der Waals surface area (Å²) >= 11 is 0. The van der Waals surface area contributed by atoms with Gasteiger partial charge in [-0.15, -0.1) is 0 Å². The van der Waals surface area contributed by atoms with E-state index in [-0.39, 0.29) is 13.0 Å². The van der Waals surface area contributed by atoms with Gasteiger partial charge in [0.15, 0.2) is 6.61 Å². The van der Waals surface area contributed by atoms with Crippen molar-refractivity contribution < 1.29 is 18.7 Å². The smallest absolute Gasteiger partial charge is 0.310 e. The second kappa shape index (κ2) is 7.07. The predicted octanol–water partition coefficient (Wildman–Crippen LogP) is 2.96. The van der Waals surface area contributed by atoms with Gasteiger partial charge in [0, 0.05) is 10.9 Å². The average molecular weight is 366 g/mol. The van der Waals surface area contributed by atoms with Crippen LogP contribution in [0.4, 0.5) is 0 Å². The minimum absolute atomic E-state index is 0.0580. The van der Waals surface area contributed by atoms with E-state index < -0.39 is 17.4 Å². The van der Waals surface area contributed by atoms with Gasteiger partial charge >= 0.3 is 5.97 Å². The highest BCUT2D eigenvalue weighted by atomic mass is 16.5. The van der Waals surface area contributed by atoms with Crippen LogP contribution in [0.25, 0.3) is 11.0 Å². The molecule has 1 saturated carbocycles. The summed E-state index contributed by atoms with van der Waals surface area (Å²) in [5.74, 6) is -0.910. The minimum Gasteiger partial charge on any atom is -0.464 e. The molecule has 2 aliphatic carbocycles. The van der Waals surface area contributed by atoms with Gasteiger partial charge in [0.25, 0.3) is 5.91 Å². The van der Waals surface area contributed by atoms with E-state index >= 15 is 0 Å². The molecule has 0 spiro atoms. The summed E-state index contributed by atoms with van der Waals surface area (Å²) in [7, 11) is 0. The number of carbonyl (C=O) groups excluding carboxylic acids is 2. The Morgan fingerprint density at radius 1 is 1.19 bits per heavy atom. The van der Waals surface area contributed by atoms with Crippen LogP contribution in [0.1, 0.15) is 48.8 Å². The molecule has 6 nitrogen and oxygen atoms in total. The van der Waals surface area contributed by atoms with Gasteiger partial charge in [-0.25, -0.2) is 0 Å². The third-order valence-corrected chi connectivity index (χ3v) is 5.62. The first-order chi connectivity index (χ1) is 13.1. The monoisotopic (exact) mass is 366 g/mol. The van der Waals surface area contributed by atoms with Crippen LogP contribution < -0.4 is 5.32 Å². The van der Waals surface area contributed by atoms with Crippen LogP contribution in [0.15, 0.2) is 22.8 Å². The van der Waals surface area contributed by atoms with Gasteiger partial charge in [-0.3, -0.25) is 9.59 Å². The summed E-state index contributed by atoms with van der Waals surface area (Å²) in [4.78, 5) is 24.2. The summed E-state index contributed by atoms with van der Waals surface area (Å²) in [5, 5.41) is 13.0. The van der Waals surface area contributed by atoms with Crippen LogP contribution in [0, 0.1) is 11.3 Å². The molecule has 0 atom stereocenters. The van der Waals surface area contributed by atoms with E-state index in [1.807, 2.05) is 0 Å². The topological polar surface area (TPSA) is 92.3 Å². The first-order valence-electron chi connectivity index (χ1n) is 9.48. The van der Waals surface area contributed by atoms with Crippen molar-refractivity contribution in [1.82, 2.24) is 5.32 Å². The molecule has 2 aromatic rings. The number of furan rings is 1. The summed E-state index contributed by atoms with van der Waals surface area (Å²) < 4.78 is 10.7. The van der Waals surface area contributed by atoms with Crippen molar-refractivity contribution in [3.05, 3.63) is 35.1 Å². The summed E-state index contributed by atoms with van der Waals surface area (Å²) in [6.45, 7) is -0.368. The van der Waals surface area contributed by atoms with Crippen molar-refractivity contribution in [2.45, 2.75) is 56.9 Å². The Morgan fingerprint density at radius 2 is 1.93 bits per heavy atom. The number of nitrogens with one attached hydrogen (secondary N) is 1. The average Bonchev–Trinajstić information content (AvgIpc) is 3.39. The van der Waals surface area contributed by atoms with Crippen molar-refractivity contribution >= 4 is 22.8 Å². The first-order valence-corrected chi connectivity index (χ1v) is 9.48. The largest absolute Gasteiger partial charge is 0.464 e. The van der Waals surface area contributed by atoms with E-state index in [4.69, 9.17) is 9.15 Å². The number of rotatable bonds is 5. The number of fused-ring (bicyclic) bond motifs is 2. The molecule has 0 radical (unpaired) electrons. The zero-order chi connectivity index (χ0) is 18.9. The van der Waals surface area contributed by atoms with Gasteiger partial charge in [0.2, 0.25) is 0 Å². The number of amides is 1. The highest BCUT2D eigenvalue weighted by molar-refractivity contribution is 5.88. The Hall–Kier alpha value is -2.81. The van der Waals surface area contributed by atoms with Gasteiger partial charge in [-0.05, 0) is 68.2 Å². The Morgan fingerprint density at radius 3 is 2.67 bits per heavy atom. The fraction of sp³-hybridized carbons (Fsp3) is 0.476. The second-order valence-electron chi connectivity index (χ2n) is 7.52. The lowest BCUT2D eigenvalue weighted by Gasteiger charge is -2.21. The fourth-order valence-electron chi connectivity index (χ4n) is 4.18. The molecule has 1 heterocycles. The molecule has 140 valence electrons. The Labute approximate surface area is 157 Å². The molecule has 0 bridgehead atoms. The van der Waals surface area contributed by atoms with E-state index in [1.54, 1.807) is 6.26 Å². The van der Waals surface area contributed by atoms with Crippen molar-refractivity contribution in [3.8, 4) is 6.07 Å². The number of esters is 1. The van der Waals surface area contributed by atoms with Crippen LogP contribution in [0.3, 0.4) is 0 Å². The van der Waals surface area contributed by atoms with Crippen molar-refractivity contribution in [3.63, 3.8) is 0 Å². The van der Waals surface area contributed by atoms with E-state index in [0.29, 0.717) is 12.8 Å². The van der Waals surface area contributed by atoms with E-state index in [0.717, 1.165) is 48.6 Å². The van der Waals surface area contributed by atoms with Crippen LogP contribution in [-0.2, 0) is 33.6 Å². The lowest BCUT2D eigenvalue weighted by Crippen LogP contribution is -2.46. The molecule has 0 saturated heterocycles. The fourth-order valence-corrected chi connectivity index (χ4v) is 4.18. The van der Waals surface area contributed by atoms with Crippen LogP contribution in [-0.4, -0.2) is 24.0 Å². The van der Waals surface area contributed by atoms with Crippen molar-refractivity contribution in [1.29, 1.82) is 5.26 Å². The van der Waals surface area contributed by atoms with E-state index in [2.05, 4.69) is 23.5 Å². The van der Waals surface area contributed by atoms with Crippen LogP contribution in [0.2, 0.25) is 0 Å². The number of nitrogens with zero attached hydrogens (tertiary/aromatic N) is 1. The number of nitriles is 1. The van der Waals surface area contributed by atoms with Gasteiger partial charge in [0.05, 0.1) is 18.8 Å². The number of aryl methyl sites for hydroxylation is 2. The molecular formula is C21H22N2O4. The Balaban J connectivity index is 1.35. The number of carbonyl (C=O) groups is 2. The highest BCUT2D eigenvalue weighted by Crippen LogP contribution is 2.31. The van der Waals surface area contributed by atoms with Gasteiger partial charge < -0.3 is 14.5 Å².